The molecule has 2 aliphatic rings. The molecule has 1 saturated carbocycles. The van der Waals surface area contributed by atoms with E-state index in [9.17, 15) is 9.59 Å². The van der Waals surface area contributed by atoms with E-state index >= 15 is 0 Å². The molecule has 7 nitrogen and oxygen atoms in total. The van der Waals surface area contributed by atoms with Crippen LogP contribution in [0.3, 0.4) is 0 Å². The average Bonchev–Trinajstić information content (AvgIpc) is 3.46. The molecule has 2 N–H and O–H groups in total. The highest BCUT2D eigenvalue weighted by Crippen LogP contribution is 2.37. The van der Waals surface area contributed by atoms with Crippen LogP contribution in [0, 0.1) is 0 Å². The molecule has 1 aromatic heterocycles. The first-order chi connectivity index (χ1) is 15.6. The summed E-state index contributed by atoms with van der Waals surface area (Å²) < 4.78 is 7.48. The Kier molecular flexibility index (Phi) is 5.17. The van der Waals surface area contributed by atoms with Crippen LogP contribution in [0.2, 0.25) is 0 Å². The van der Waals surface area contributed by atoms with E-state index in [0.29, 0.717) is 30.8 Å². The van der Waals surface area contributed by atoms with Gasteiger partial charge in [0, 0.05) is 23.6 Å². The number of para-hydroxylation sites is 1. The Bertz CT molecular complexity index is 1150. The van der Waals surface area contributed by atoms with Crippen LogP contribution in [0.4, 0.5) is 0 Å². The Morgan fingerprint density at radius 2 is 1.94 bits per heavy atom. The summed E-state index contributed by atoms with van der Waals surface area (Å²) in [7, 11) is 0. The van der Waals surface area contributed by atoms with Crippen molar-refractivity contribution >= 4 is 11.8 Å². The maximum atomic E-state index is 13.2. The number of rotatable bonds is 6. The van der Waals surface area contributed by atoms with E-state index < -0.39 is 5.54 Å². The van der Waals surface area contributed by atoms with Gasteiger partial charge in [-0.1, -0.05) is 18.2 Å². The van der Waals surface area contributed by atoms with Gasteiger partial charge in [0.25, 0.3) is 5.91 Å². The molecule has 0 spiro atoms. The first-order valence-corrected chi connectivity index (χ1v) is 11.1. The second-order valence-electron chi connectivity index (χ2n) is 8.34. The molecule has 1 aliphatic heterocycles. The van der Waals surface area contributed by atoms with Crippen molar-refractivity contribution < 1.29 is 14.3 Å². The molecule has 3 aromatic rings. The van der Waals surface area contributed by atoms with Gasteiger partial charge in [0.15, 0.2) is 0 Å². The van der Waals surface area contributed by atoms with Crippen molar-refractivity contribution in [3.63, 3.8) is 0 Å². The van der Waals surface area contributed by atoms with E-state index in [1.165, 1.54) is 5.56 Å². The lowest BCUT2D eigenvalue weighted by atomic mass is 10.0. The van der Waals surface area contributed by atoms with Gasteiger partial charge in [-0.25, -0.2) is 4.98 Å². The molecule has 1 fully saturated rings. The highest BCUT2D eigenvalue weighted by Gasteiger charge is 2.52. The average molecular weight is 431 g/mol. The van der Waals surface area contributed by atoms with E-state index in [0.717, 1.165) is 24.4 Å². The van der Waals surface area contributed by atoms with Gasteiger partial charge in [0.05, 0.1) is 12.6 Å². The van der Waals surface area contributed by atoms with Gasteiger partial charge in [-0.15, -0.1) is 0 Å². The van der Waals surface area contributed by atoms with Gasteiger partial charge < -0.3 is 19.9 Å². The van der Waals surface area contributed by atoms with Crippen LogP contribution in [0.5, 0.6) is 5.75 Å². The van der Waals surface area contributed by atoms with Gasteiger partial charge in [-0.3, -0.25) is 9.59 Å². The zero-order valence-corrected chi connectivity index (χ0v) is 18.0. The van der Waals surface area contributed by atoms with E-state index in [2.05, 4.69) is 27.8 Å². The summed E-state index contributed by atoms with van der Waals surface area (Å²) in [6.07, 6.45) is 6.54. The summed E-state index contributed by atoms with van der Waals surface area (Å²) >= 11 is 0. The molecule has 5 rings (SSSR count). The number of amides is 2. The fourth-order valence-electron chi connectivity index (χ4n) is 4.29. The van der Waals surface area contributed by atoms with Crippen LogP contribution < -0.4 is 15.4 Å². The molecule has 2 heterocycles. The number of fused-ring (bicyclic) bond motifs is 3. The van der Waals surface area contributed by atoms with Crippen molar-refractivity contribution in [2.75, 3.05) is 6.61 Å². The first kappa shape index (κ1) is 20.3. The Labute approximate surface area is 186 Å². The van der Waals surface area contributed by atoms with Crippen LogP contribution in [0.1, 0.15) is 54.0 Å². The third-order valence-electron chi connectivity index (χ3n) is 6.20. The summed E-state index contributed by atoms with van der Waals surface area (Å²) in [5.74, 6) is 1.13. The Morgan fingerprint density at radius 1 is 1.16 bits per heavy atom. The summed E-state index contributed by atoms with van der Waals surface area (Å²) in [4.78, 5) is 30.5. The minimum atomic E-state index is -0.855. The molecule has 164 valence electrons. The fourth-order valence-corrected chi connectivity index (χ4v) is 4.29. The van der Waals surface area contributed by atoms with Crippen molar-refractivity contribution in [1.29, 1.82) is 0 Å². The first-order valence-electron chi connectivity index (χ1n) is 11.1. The van der Waals surface area contributed by atoms with Crippen LogP contribution in [-0.2, 0) is 11.2 Å². The summed E-state index contributed by atoms with van der Waals surface area (Å²) in [5, 5.41) is 6.12. The number of nitrogens with zero attached hydrogens (tertiary/aromatic N) is 2. The smallest absolute Gasteiger partial charge is 0.252 e. The van der Waals surface area contributed by atoms with Crippen molar-refractivity contribution in [3.05, 3.63) is 77.9 Å². The predicted molar refractivity (Wildman–Crippen MR) is 120 cm³/mol. The second-order valence-corrected chi connectivity index (χ2v) is 8.34. The van der Waals surface area contributed by atoms with Gasteiger partial charge in [0.2, 0.25) is 5.91 Å². The number of imidazole rings is 1. The molecule has 2 amide bonds. The van der Waals surface area contributed by atoms with Gasteiger partial charge in [0.1, 0.15) is 17.1 Å². The number of hydrogen-bond acceptors (Lipinski definition) is 4. The van der Waals surface area contributed by atoms with Crippen molar-refractivity contribution in [3.8, 4) is 11.4 Å². The molecule has 0 radical (unpaired) electrons. The molecule has 1 atom stereocenters. The van der Waals surface area contributed by atoms with Crippen LogP contribution in [0.15, 0.2) is 60.9 Å². The Hall–Kier alpha value is -3.61. The molecular formula is C25H26N4O3. The molecule has 1 aliphatic carbocycles. The van der Waals surface area contributed by atoms with Crippen LogP contribution in [-0.4, -0.2) is 33.5 Å². The summed E-state index contributed by atoms with van der Waals surface area (Å²) in [5.41, 5.74) is 1.98. The molecule has 1 unspecified atom stereocenters. The second kappa shape index (κ2) is 8.15. The predicted octanol–water partition coefficient (Wildman–Crippen LogP) is 3.34. The number of hydrogen-bond donors (Lipinski definition) is 2. The SMILES string of the molecule is CCOc1ccc(C(=O)NC2(C(=O)NC3CCc4ccccc4-n4ccnc43)CC2)cc1. The monoisotopic (exact) mass is 430 g/mol. The molecule has 32 heavy (non-hydrogen) atoms. The van der Waals surface area contributed by atoms with E-state index in [1.54, 1.807) is 30.5 Å². The standard InChI is InChI=1S/C25H26N4O3/c1-2-32-19-10-7-18(8-11-19)23(30)28-25(13-14-25)24(31)27-20-12-9-17-5-3-4-6-21(17)29-16-15-26-22(20)29/h3-8,10-11,15-16,20H,2,9,12-14H2,1H3,(H,27,31)(H,28,30). The lowest BCUT2D eigenvalue weighted by Gasteiger charge is -2.22. The van der Waals surface area contributed by atoms with Gasteiger partial charge in [-0.2, -0.15) is 0 Å². The van der Waals surface area contributed by atoms with Crippen LogP contribution >= 0.6 is 0 Å². The lowest BCUT2D eigenvalue weighted by molar-refractivity contribution is -0.124. The maximum Gasteiger partial charge on any atom is 0.252 e. The van der Waals surface area contributed by atoms with Gasteiger partial charge in [-0.05, 0) is 68.5 Å². The van der Waals surface area contributed by atoms with Crippen LogP contribution in [0.25, 0.3) is 5.69 Å². The fraction of sp³-hybridized carbons (Fsp3) is 0.320. The minimum Gasteiger partial charge on any atom is -0.494 e. The third kappa shape index (κ3) is 3.75. The minimum absolute atomic E-state index is 0.151. The highest BCUT2D eigenvalue weighted by molar-refractivity contribution is 6.00. The lowest BCUT2D eigenvalue weighted by Crippen LogP contribution is -2.50. The number of ether oxygens (including phenoxy) is 1. The summed E-state index contributed by atoms with van der Waals surface area (Å²) in [6.45, 7) is 2.48. The summed E-state index contributed by atoms with van der Waals surface area (Å²) in [6, 6.07) is 15.0. The van der Waals surface area contributed by atoms with E-state index in [4.69, 9.17) is 4.74 Å². The molecule has 0 bridgehead atoms. The number of benzene rings is 2. The molecule has 2 aromatic carbocycles. The normalized spacial score (nSPS) is 18.0. The van der Waals surface area contributed by atoms with Crippen molar-refractivity contribution in [2.24, 2.45) is 0 Å². The molecular weight excluding hydrogens is 404 g/mol. The van der Waals surface area contributed by atoms with Gasteiger partial charge >= 0.3 is 0 Å². The van der Waals surface area contributed by atoms with E-state index in [1.807, 2.05) is 29.8 Å². The number of nitrogens with one attached hydrogen (secondary N) is 2. The molecule has 0 saturated heterocycles. The van der Waals surface area contributed by atoms with Crippen molar-refractivity contribution in [2.45, 2.75) is 44.2 Å². The number of carbonyl (C=O) groups is 2. The maximum absolute atomic E-state index is 13.2. The zero-order chi connectivity index (χ0) is 22.1. The number of aromatic nitrogens is 2. The molecule has 7 heteroatoms. The zero-order valence-electron chi connectivity index (χ0n) is 18.0. The topological polar surface area (TPSA) is 85.2 Å². The van der Waals surface area contributed by atoms with Crippen molar-refractivity contribution in [1.82, 2.24) is 20.2 Å². The third-order valence-corrected chi connectivity index (χ3v) is 6.20. The Balaban J connectivity index is 1.29. The largest absolute Gasteiger partial charge is 0.494 e. The number of carbonyl (C=O) groups excluding carboxylic acids is 2. The number of aryl methyl sites for hydroxylation is 1. The highest BCUT2D eigenvalue weighted by atomic mass is 16.5. The Morgan fingerprint density at radius 3 is 2.69 bits per heavy atom. The van der Waals surface area contributed by atoms with E-state index in [-0.39, 0.29) is 17.9 Å². The quantitative estimate of drug-likeness (QED) is 0.628.